The van der Waals surface area contributed by atoms with Crippen molar-refractivity contribution in [2.75, 3.05) is 0 Å². The number of hydrogen-bond acceptors (Lipinski definition) is 2. The first-order chi connectivity index (χ1) is 8.29. The number of nitrogens with zero attached hydrogens (tertiary/aromatic N) is 1. The minimum atomic E-state index is 0.718. The largest absolute Gasteiger partial charge is 0.192 e. The zero-order valence-electron chi connectivity index (χ0n) is 9.06. The predicted molar refractivity (Wildman–Crippen MR) is 74.9 cm³/mol. The normalized spacial score (nSPS) is 9.88. The molecule has 0 N–H and O–H groups in total. The summed E-state index contributed by atoms with van der Waals surface area (Å²) in [6.45, 7) is 0. The second-order valence-electron chi connectivity index (χ2n) is 3.53. The Balaban J connectivity index is 2.08. The molecule has 2 rings (SSSR count). The van der Waals surface area contributed by atoms with E-state index in [1.807, 2.05) is 42.5 Å². The second-order valence-corrected chi connectivity index (χ2v) is 5.40. The summed E-state index contributed by atoms with van der Waals surface area (Å²) in [6, 6.07) is 18.0. The standard InChI is InChI=1S/C14H10BrNS/c15-13-6-1-2-7-14(13)17-10-12-5-3-4-11(8-12)9-16/h1-8H,10H2. The van der Waals surface area contributed by atoms with Gasteiger partial charge in [0.25, 0.3) is 0 Å². The maximum atomic E-state index is 8.83. The Morgan fingerprint density at radius 1 is 1.12 bits per heavy atom. The van der Waals surface area contributed by atoms with Gasteiger partial charge in [0, 0.05) is 15.1 Å². The van der Waals surface area contributed by atoms with Crippen LogP contribution in [0.15, 0.2) is 57.9 Å². The molecular formula is C14H10BrNS. The van der Waals surface area contributed by atoms with Crippen molar-refractivity contribution in [3.63, 3.8) is 0 Å². The molecule has 0 bridgehead atoms. The highest BCUT2D eigenvalue weighted by Gasteiger charge is 2.01. The molecular weight excluding hydrogens is 294 g/mol. The first-order valence-electron chi connectivity index (χ1n) is 5.16. The molecule has 0 radical (unpaired) electrons. The summed E-state index contributed by atoms with van der Waals surface area (Å²) < 4.78 is 1.11. The third-order valence-corrected chi connectivity index (χ3v) is 4.39. The molecule has 0 aliphatic heterocycles. The number of benzene rings is 2. The molecule has 0 atom stereocenters. The van der Waals surface area contributed by atoms with Gasteiger partial charge in [-0.1, -0.05) is 24.3 Å². The van der Waals surface area contributed by atoms with Gasteiger partial charge in [0.15, 0.2) is 0 Å². The summed E-state index contributed by atoms with van der Waals surface area (Å²) in [7, 11) is 0. The van der Waals surface area contributed by atoms with Gasteiger partial charge in [-0.15, -0.1) is 11.8 Å². The van der Waals surface area contributed by atoms with E-state index in [1.54, 1.807) is 11.8 Å². The number of rotatable bonds is 3. The maximum absolute atomic E-state index is 8.83. The molecule has 1 nitrogen and oxygen atoms in total. The summed E-state index contributed by atoms with van der Waals surface area (Å²) in [6.07, 6.45) is 0. The minimum absolute atomic E-state index is 0.718. The summed E-state index contributed by atoms with van der Waals surface area (Å²) in [5.74, 6) is 0.873. The van der Waals surface area contributed by atoms with Crippen LogP contribution in [0.25, 0.3) is 0 Å². The predicted octanol–water partition coefficient (Wildman–Crippen LogP) is 4.61. The number of hydrogen-bond donors (Lipinski definition) is 0. The SMILES string of the molecule is N#Cc1cccc(CSc2ccccc2Br)c1. The van der Waals surface area contributed by atoms with Crippen LogP contribution in [0.4, 0.5) is 0 Å². The molecule has 0 amide bonds. The highest BCUT2D eigenvalue weighted by Crippen LogP contribution is 2.29. The van der Waals surface area contributed by atoms with Gasteiger partial charge in [0.05, 0.1) is 11.6 Å². The fraction of sp³-hybridized carbons (Fsp3) is 0.0714. The topological polar surface area (TPSA) is 23.8 Å². The van der Waals surface area contributed by atoms with Gasteiger partial charge >= 0.3 is 0 Å². The summed E-state index contributed by atoms with van der Waals surface area (Å²) >= 11 is 5.29. The molecule has 0 heterocycles. The first kappa shape index (κ1) is 12.2. The smallest absolute Gasteiger partial charge is 0.0991 e. The second kappa shape index (κ2) is 5.90. The third-order valence-electron chi connectivity index (χ3n) is 2.29. The lowest BCUT2D eigenvalue weighted by Crippen LogP contribution is -1.83. The van der Waals surface area contributed by atoms with Gasteiger partial charge in [0.2, 0.25) is 0 Å². The Morgan fingerprint density at radius 2 is 1.94 bits per heavy atom. The summed E-state index contributed by atoms with van der Waals surface area (Å²) in [5.41, 5.74) is 1.89. The molecule has 0 saturated heterocycles. The van der Waals surface area contributed by atoms with Crippen molar-refractivity contribution in [1.82, 2.24) is 0 Å². The molecule has 0 aliphatic rings. The molecule has 0 saturated carbocycles. The lowest BCUT2D eigenvalue weighted by molar-refractivity contribution is 1.35. The van der Waals surface area contributed by atoms with Gasteiger partial charge in [0.1, 0.15) is 0 Å². The zero-order valence-corrected chi connectivity index (χ0v) is 11.5. The van der Waals surface area contributed by atoms with Gasteiger partial charge in [-0.2, -0.15) is 5.26 Å². The van der Waals surface area contributed by atoms with E-state index in [9.17, 15) is 0 Å². The van der Waals surface area contributed by atoms with Crippen LogP contribution in [-0.2, 0) is 5.75 Å². The van der Waals surface area contributed by atoms with Gasteiger partial charge in [-0.3, -0.25) is 0 Å². The van der Waals surface area contributed by atoms with Crippen molar-refractivity contribution >= 4 is 27.7 Å². The third kappa shape index (κ3) is 3.36. The van der Waals surface area contributed by atoms with Gasteiger partial charge in [-0.25, -0.2) is 0 Å². The minimum Gasteiger partial charge on any atom is -0.192 e. The van der Waals surface area contributed by atoms with Crippen LogP contribution < -0.4 is 0 Å². The lowest BCUT2D eigenvalue weighted by atomic mass is 10.2. The average molecular weight is 304 g/mol. The Hall–Kier alpha value is -1.24. The van der Waals surface area contributed by atoms with Gasteiger partial charge in [-0.05, 0) is 45.8 Å². The van der Waals surface area contributed by atoms with Crippen molar-refractivity contribution in [2.24, 2.45) is 0 Å². The number of halogens is 1. The molecule has 84 valence electrons. The Kier molecular flexibility index (Phi) is 4.24. The Bertz CT molecular complexity index is 560. The molecule has 2 aromatic rings. The molecule has 0 fully saturated rings. The van der Waals surface area contributed by atoms with E-state index in [4.69, 9.17) is 5.26 Å². The van der Waals surface area contributed by atoms with Crippen LogP contribution in [0.5, 0.6) is 0 Å². The molecule has 3 heteroatoms. The van der Waals surface area contributed by atoms with Crippen LogP contribution in [0, 0.1) is 11.3 Å². The molecule has 17 heavy (non-hydrogen) atoms. The number of thioether (sulfide) groups is 1. The zero-order chi connectivity index (χ0) is 12.1. The monoisotopic (exact) mass is 303 g/mol. The van der Waals surface area contributed by atoms with E-state index in [1.165, 1.54) is 10.5 Å². The van der Waals surface area contributed by atoms with E-state index in [0.29, 0.717) is 0 Å². The summed E-state index contributed by atoms with van der Waals surface area (Å²) in [4.78, 5) is 1.22. The van der Waals surface area contributed by atoms with E-state index in [2.05, 4.69) is 28.1 Å². The van der Waals surface area contributed by atoms with Crippen LogP contribution in [-0.4, -0.2) is 0 Å². The fourth-order valence-electron chi connectivity index (χ4n) is 1.45. The van der Waals surface area contributed by atoms with Gasteiger partial charge < -0.3 is 0 Å². The van der Waals surface area contributed by atoms with Crippen molar-refractivity contribution < 1.29 is 0 Å². The quantitative estimate of drug-likeness (QED) is 0.773. The maximum Gasteiger partial charge on any atom is 0.0991 e. The van der Waals surface area contributed by atoms with Crippen LogP contribution in [0.3, 0.4) is 0 Å². The Morgan fingerprint density at radius 3 is 2.71 bits per heavy atom. The van der Waals surface area contributed by atoms with Crippen LogP contribution in [0.2, 0.25) is 0 Å². The molecule has 0 spiro atoms. The van der Waals surface area contributed by atoms with Crippen LogP contribution >= 0.6 is 27.7 Å². The number of nitriles is 1. The van der Waals surface area contributed by atoms with E-state index in [0.717, 1.165) is 15.8 Å². The average Bonchev–Trinajstić information content (AvgIpc) is 2.38. The van der Waals surface area contributed by atoms with Crippen molar-refractivity contribution in [3.05, 3.63) is 64.1 Å². The Labute approximate surface area is 114 Å². The highest BCUT2D eigenvalue weighted by molar-refractivity contribution is 9.10. The van der Waals surface area contributed by atoms with Crippen molar-refractivity contribution in [2.45, 2.75) is 10.6 Å². The van der Waals surface area contributed by atoms with E-state index < -0.39 is 0 Å². The molecule has 2 aromatic carbocycles. The molecule has 0 aliphatic carbocycles. The van der Waals surface area contributed by atoms with E-state index >= 15 is 0 Å². The fourth-order valence-corrected chi connectivity index (χ4v) is 2.96. The molecule has 0 unspecified atom stereocenters. The van der Waals surface area contributed by atoms with Crippen molar-refractivity contribution in [3.8, 4) is 6.07 Å². The summed E-state index contributed by atoms with van der Waals surface area (Å²) in [5, 5.41) is 8.83. The van der Waals surface area contributed by atoms with Crippen LogP contribution in [0.1, 0.15) is 11.1 Å². The molecule has 0 aromatic heterocycles. The first-order valence-corrected chi connectivity index (χ1v) is 6.94. The van der Waals surface area contributed by atoms with E-state index in [-0.39, 0.29) is 0 Å². The highest BCUT2D eigenvalue weighted by atomic mass is 79.9. The lowest BCUT2D eigenvalue weighted by Gasteiger charge is -2.04. The van der Waals surface area contributed by atoms with Crippen molar-refractivity contribution in [1.29, 1.82) is 5.26 Å².